The van der Waals surface area contributed by atoms with Gasteiger partial charge in [-0.2, -0.15) is 0 Å². The van der Waals surface area contributed by atoms with Gasteiger partial charge in [0, 0.05) is 6.04 Å². The summed E-state index contributed by atoms with van der Waals surface area (Å²) in [6.07, 6.45) is 3.22. The number of hydrogen-bond donors (Lipinski definition) is 1. The van der Waals surface area contributed by atoms with Crippen LogP contribution in [0.4, 0.5) is 0 Å². The first-order chi connectivity index (χ1) is 8.95. The quantitative estimate of drug-likeness (QED) is 0.829. The van der Waals surface area contributed by atoms with Crippen molar-refractivity contribution in [3.8, 4) is 0 Å². The molecule has 2 saturated carbocycles. The average Bonchev–Trinajstić information content (AvgIpc) is 2.73. The van der Waals surface area contributed by atoms with Crippen LogP contribution in [-0.2, 0) is 14.3 Å². The van der Waals surface area contributed by atoms with E-state index in [1.54, 1.807) is 0 Å². The van der Waals surface area contributed by atoms with Gasteiger partial charge in [0.1, 0.15) is 0 Å². The van der Waals surface area contributed by atoms with E-state index in [-0.39, 0.29) is 11.3 Å². The average molecular weight is 267 g/mol. The number of amides is 1. The lowest BCUT2D eigenvalue weighted by Crippen LogP contribution is -2.52. The minimum atomic E-state index is -0.417. The SMILES string of the molecule is CC1(C)[C@H]2CC[C@@]1(C)[C@@H](NC(=O)[C@@H]1COCCO1)C2. The summed E-state index contributed by atoms with van der Waals surface area (Å²) in [7, 11) is 0. The van der Waals surface area contributed by atoms with E-state index < -0.39 is 6.10 Å². The molecule has 4 atom stereocenters. The van der Waals surface area contributed by atoms with E-state index in [9.17, 15) is 4.79 Å². The summed E-state index contributed by atoms with van der Waals surface area (Å²) >= 11 is 0. The topological polar surface area (TPSA) is 47.6 Å². The molecule has 108 valence electrons. The molecule has 0 aromatic carbocycles. The number of rotatable bonds is 2. The summed E-state index contributed by atoms with van der Waals surface area (Å²) in [4.78, 5) is 12.3. The molecule has 4 nitrogen and oxygen atoms in total. The second kappa shape index (κ2) is 4.45. The maximum absolute atomic E-state index is 12.3. The lowest BCUT2D eigenvalue weighted by Gasteiger charge is -2.40. The van der Waals surface area contributed by atoms with E-state index in [0.29, 0.717) is 31.3 Å². The fraction of sp³-hybridized carbons (Fsp3) is 0.933. The molecule has 3 aliphatic rings. The number of hydrogen-bond acceptors (Lipinski definition) is 3. The van der Waals surface area contributed by atoms with Crippen LogP contribution in [0.25, 0.3) is 0 Å². The molecular formula is C15H25NO3. The highest BCUT2D eigenvalue weighted by Crippen LogP contribution is 2.65. The number of fused-ring (bicyclic) bond motifs is 2. The van der Waals surface area contributed by atoms with Crippen molar-refractivity contribution in [2.75, 3.05) is 19.8 Å². The Morgan fingerprint density at radius 1 is 1.26 bits per heavy atom. The van der Waals surface area contributed by atoms with Crippen molar-refractivity contribution >= 4 is 5.91 Å². The molecule has 1 amide bonds. The molecule has 1 aliphatic heterocycles. The summed E-state index contributed by atoms with van der Waals surface area (Å²) in [6, 6.07) is 0.291. The molecule has 19 heavy (non-hydrogen) atoms. The summed E-state index contributed by atoms with van der Waals surface area (Å²) < 4.78 is 10.8. The Morgan fingerprint density at radius 2 is 2.05 bits per heavy atom. The smallest absolute Gasteiger partial charge is 0.251 e. The number of carbonyl (C=O) groups excluding carboxylic acids is 1. The summed E-state index contributed by atoms with van der Waals surface area (Å²) in [5, 5.41) is 3.23. The Bertz CT molecular complexity index is 376. The van der Waals surface area contributed by atoms with E-state index in [4.69, 9.17) is 9.47 Å². The lowest BCUT2D eigenvalue weighted by molar-refractivity contribution is -0.149. The molecule has 0 aromatic heterocycles. The predicted molar refractivity (Wildman–Crippen MR) is 71.7 cm³/mol. The van der Waals surface area contributed by atoms with Gasteiger partial charge in [-0.05, 0) is 36.0 Å². The molecular weight excluding hydrogens is 242 g/mol. The summed E-state index contributed by atoms with van der Waals surface area (Å²) in [5.41, 5.74) is 0.553. The molecule has 0 spiro atoms. The number of carbonyl (C=O) groups is 1. The molecule has 0 radical (unpaired) electrons. The first-order valence-corrected chi connectivity index (χ1v) is 7.45. The van der Waals surface area contributed by atoms with Crippen molar-refractivity contribution in [1.29, 1.82) is 0 Å². The van der Waals surface area contributed by atoms with Crippen LogP contribution in [0, 0.1) is 16.7 Å². The van der Waals surface area contributed by atoms with Crippen LogP contribution in [0.5, 0.6) is 0 Å². The van der Waals surface area contributed by atoms with Crippen molar-refractivity contribution in [2.24, 2.45) is 16.7 Å². The Kier molecular flexibility index (Phi) is 3.13. The van der Waals surface area contributed by atoms with Crippen molar-refractivity contribution in [2.45, 2.75) is 52.2 Å². The Morgan fingerprint density at radius 3 is 2.58 bits per heavy atom. The maximum Gasteiger partial charge on any atom is 0.251 e. The third kappa shape index (κ3) is 1.91. The van der Waals surface area contributed by atoms with Gasteiger partial charge in [-0.1, -0.05) is 20.8 Å². The van der Waals surface area contributed by atoms with Gasteiger partial charge >= 0.3 is 0 Å². The van der Waals surface area contributed by atoms with Crippen molar-refractivity contribution in [1.82, 2.24) is 5.32 Å². The van der Waals surface area contributed by atoms with Gasteiger partial charge < -0.3 is 14.8 Å². The van der Waals surface area contributed by atoms with E-state index >= 15 is 0 Å². The maximum atomic E-state index is 12.3. The Hall–Kier alpha value is -0.610. The van der Waals surface area contributed by atoms with Crippen molar-refractivity contribution in [3.05, 3.63) is 0 Å². The van der Waals surface area contributed by atoms with E-state index in [0.717, 1.165) is 12.3 Å². The second-order valence-electron chi connectivity index (χ2n) is 7.11. The second-order valence-corrected chi connectivity index (χ2v) is 7.11. The predicted octanol–water partition coefficient (Wildman–Crippen LogP) is 1.73. The number of ether oxygens (including phenoxy) is 2. The van der Waals surface area contributed by atoms with Crippen molar-refractivity contribution in [3.63, 3.8) is 0 Å². The van der Waals surface area contributed by atoms with E-state index in [2.05, 4.69) is 26.1 Å². The van der Waals surface area contributed by atoms with Crippen LogP contribution in [-0.4, -0.2) is 37.9 Å². The molecule has 3 rings (SSSR count). The fourth-order valence-electron chi connectivity index (χ4n) is 4.33. The van der Waals surface area contributed by atoms with Crippen LogP contribution in [0.2, 0.25) is 0 Å². The van der Waals surface area contributed by atoms with Crippen LogP contribution in [0.1, 0.15) is 40.0 Å². The van der Waals surface area contributed by atoms with E-state index in [1.807, 2.05) is 0 Å². The molecule has 2 aliphatic carbocycles. The van der Waals surface area contributed by atoms with Crippen LogP contribution < -0.4 is 5.32 Å². The molecule has 0 aromatic rings. The highest BCUT2D eigenvalue weighted by Gasteiger charge is 2.61. The highest BCUT2D eigenvalue weighted by atomic mass is 16.6. The van der Waals surface area contributed by atoms with Crippen LogP contribution >= 0.6 is 0 Å². The first-order valence-electron chi connectivity index (χ1n) is 7.45. The van der Waals surface area contributed by atoms with Gasteiger partial charge in [-0.15, -0.1) is 0 Å². The monoisotopic (exact) mass is 267 g/mol. The zero-order valence-corrected chi connectivity index (χ0v) is 12.2. The summed E-state index contributed by atoms with van der Waals surface area (Å²) in [5.74, 6) is 0.751. The zero-order chi connectivity index (χ0) is 13.7. The zero-order valence-electron chi connectivity index (χ0n) is 12.2. The van der Waals surface area contributed by atoms with Gasteiger partial charge in [0.2, 0.25) is 0 Å². The van der Waals surface area contributed by atoms with Crippen LogP contribution in [0.15, 0.2) is 0 Å². The van der Waals surface area contributed by atoms with Gasteiger partial charge in [0.25, 0.3) is 5.91 Å². The van der Waals surface area contributed by atoms with Gasteiger partial charge in [0.15, 0.2) is 6.10 Å². The summed E-state index contributed by atoms with van der Waals surface area (Å²) in [6.45, 7) is 8.56. The largest absolute Gasteiger partial charge is 0.376 e. The van der Waals surface area contributed by atoms with Crippen LogP contribution in [0.3, 0.4) is 0 Å². The Labute approximate surface area is 115 Å². The first kappa shape index (κ1) is 13.4. The third-order valence-corrected chi connectivity index (χ3v) is 6.22. The molecule has 1 N–H and O–H groups in total. The normalized spacial score (nSPS) is 44.3. The van der Waals surface area contributed by atoms with E-state index in [1.165, 1.54) is 12.8 Å². The molecule has 1 saturated heterocycles. The van der Waals surface area contributed by atoms with Crippen molar-refractivity contribution < 1.29 is 14.3 Å². The van der Waals surface area contributed by atoms with Gasteiger partial charge in [0.05, 0.1) is 19.8 Å². The molecule has 1 heterocycles. The minimum Gasteiger partial charge on any atom is -0.376 e. The minimum absolute atomic E-state index is 0.00859. The number of nitrogens with one attached hydrogen (secondary N) is 1. The molecule has 2 bridgehead atoms. The Balaban J connectivity index is 1.66. The standard InChI is InChI=1S/C15H25NO3/c1-14(2)10-4-5-15(14,3)12(8-10)16-13(17)11-9-18-6-7-19-11/h10-12H,4-9H2,1-3H3,(H,16,17)/t10-,11-,12-,15-/m0/s1. The lowest BCUT2D eigenvalue weighted by atomic mass is 9.69. The van der Waals surface area contributed by atoms with Gasteiger partial charge in [-0.25, -0.2) is 0 Å². The molecule has 4 heteroatoms. The third-order valence-electron chi connectivity index (χ3n) is 6.22. The molecule has 3 fully saturated rings. The fourth-order valence-corrected chi connectivity index (χ4v) is 4.33. The molecule has 0 unspecified atom stereocenters. The van der Waals surface area contributed by atoms with Gasteiger partial charge in [-0.3, -0.25) is 4.79 Å². The highest BCUT2D eigenvalue weighted by molar-refractivity contribution is 5.81.